The van der Waals surface area contributed by atoms with Crippen LogP contribution in [0.3, 0.4) is 0 Å². The summed E-state index contributed by atoms with van der Waals surface area (Å²) in [6, 6.07) is 13.5. The molecule has 0 aliphatic rings. The topological polar surface area (TPSA) is 67.4 Å². The van der Waals surface area contributed by atoms with Gasteiger partial charge in [0, 0.05) is 26.2 Å². The molecular formula is C21H18Cl2N2O3S. The predicted octanol–water partition coefficient (Wildman–Crippen LogP) is 6.85. The Kier molecular flexibility index (Phi) is 6.79. The van der Waals surface area contributed by atoms with Gasteiger partial charge in [-0.05, 0) is 49.7 Å². The summed E-state index contributed by atoms with van der Waals surface area (Å²) in [5.74, 6) is -0.500. The third-order valence-corrected chi connectivity index (χ3v) is 5.51. The molecule has 5 nitrogen and oxygen atoms in total. The molecule has 3 rings (SSSR count). The molecule has 0 saturated heterocycles. The van der Waals surface area contributed by atoms with Crippen molar-refractivity contribution < 1.29 is 14.3 Å². The number of urea groups is 1. The molecule has 0 radical (unpaired) electrons. The van der Waals surface area contributed by atoms with E-state index in [4.69, 9.17) is 27.9 Å². The quantitative estimate of drug-likeness (QED) is 0.419. The molecule has 150 valence electrons. The summed E-state index contributed by atoms with van der Waals surface area (Å²) >= 11 is 13.2. The van der Waals surface area contributed by atoms with Gasteiger partial charge in [-0.25, -0.2) is 9.59 Å². The zero-order valence-electron chi connectivity index (χ0n) is 15.7. The van der Waals surface area contributed by atoms with Gasteiger partial charge in [0.15, 0.2) is 0 Å². The highest BCUT2D eigenvalue weighted by Crippen LogP contribution is 2.40. The van der Waals surface area contributed by atoms with Crippen LogP contribution in [0.25, 0.3) is 11.1 Å². The molecule has 0 saturated carbocycles. The molecule has 1 heterocycles. The number of amides is 2. The Hall–Kier alpha value is -2.54. The smallest absolute Gasteiger partial charge is 0.341 e. The van der Waals surface area contributed by atoms with Crippen molar-refractivity contribution in [3.05, 3.63) is 69.0 Å². The maximum Gasteiger partial charge on any atom is 0.341 e. The van der Waals surface area contributed by atoms with Crippen LogP contribution in [0, 0.1) is 6.92 Å². The van der Waals surface area contributed by atoms with Crippen LogP contribution in [0.2, 0.25) is 10.0 Å². The lowest BCUT2D eigenvalue weighted by Crippen LogP contribution is -2.20. The maximum atomic E-state index is 12.7. The van der Waals surface area contributed by atoms with E-state index in [1.165, 1.54) is 11.3 Å². The molecule has 3 aromatic rings. The highest BCUT2D eigenvalue weighted by Gasteiger charge is 2.25. The van der Waals surface area contributed by atoms with Gasteiger partial charge in [0.05, 0.1) is 6.61 Å². The second-order valence-corrected chi connectivity index (χ2v) is 8.15. The Bertz CT molecular complexity index is 1050. The van der Waals surface area contributed by atoms with Gasteiger partial charge in [0.2, 0.25) is 0 Å². The zero-order valence-corrected chi connectivity index (χ0v) is 18.0. The number of nitrogens with one attached hydrogen (secondary N) is 2. The van der Waals surface area contributed by atoms with Crippen LogP contribution in [0.4, 0.5) is 15.5 Å². The first kappa shape index (κ1) is 21.2. The summed E-state index contributed by atoms with van der Waals surface area (Å²) in [4.78, 5) is 26.1. The van der Waals surface area contributed by atoms with Crippen LogP contribution in [-0.4, -0.2) is 18.6 Å². The molecule has 2 aromatic carbocycles. The first-order valence-corrected chi connectivity index (χ1v) is 10.4. The van der Waals surface area contributed by atoms with Crippen molar-refractivity contribution in [2.75, 3.05) is 17.2 Å². The number of carbonyl (C=O) groups is 2. The van der Waals surface area contributed by atoms with Gasteiger partial charge in [-0.1, -0.05) is 41.4 Å². The van der Waals surface area contributed by atoms with E-state index in [9.17, 15) is 9.59 Å². The van der Waals surface area contributed by atoms with Gasteiger partial charge in [-0.15, -0.1) is 11.3 Å². The Morgan fingerprint density at radius 3 is 2.41 bits per heavy atom. The minimum Gasteiger partial charge on any atom is -0.462 e. The van der Waals surface area contributed by atoms with Gasteiger partial charge in [-0.3, -0.25) is 5.32 Å². The molecule has 0 unspecified atom stereocenters. The van der Waals surface area contributed by atoms with Crippen molar-refractivity contribution in [2.45, 2.75) is 13.8 Å². The summed E-state index contributed by atoms with van der Waals surface area (Å²) in [5, 5.41) is 6.98. The molecule has 1 aromatic heterocycles. The fourth-order valence-electron chi connectivity index (χ4n) is 2.83. The van der Waals surface area contributed by atoms with Crippen LogP contribution in [0.5, 0.6) is 0 Å². The van der Waals surface area contributed by atoms with Crippen LogP contribution < -0.4 is 10.6 Å². The number of ether oxygens (including phenoxy) is 1. The Labute approximate surface area is 182 Å². The second kappa shape index (κ2) is 9.31. The van der Waals surface area contributed by atoms with Crippen LogP contribution in [0.1, 0.15) is 22.2 Å². The highest BCUT2D eigenvalue weighted by atomic mass is 35.5. The number of esters is 1. The largest absolute Gasteiger partial charge is 0.462 e. The molecule has 0 spiro atoms. The number of aryl methyl sites for hydroxylation is 1. The van der Waals surface area contributed by atoms with Crippen molar-refractivity contribution in [2.24, 2.45) is 0 Å². The Morgan fingerprint density at radius 2 is 1.76 bits per heavy atom. The van der Waals surface area contributed by atoms with Crippen molar-refractivity contribution >= 4 is 57.2 Å². The predicted molar refractivity (Wildman–Crippen MR) is 120 cm³/mol. The van der Waals surface area contributed by atoms with Gasteiger partial charge in [-0.2, -0.15) is 0 Å². The summed E-state index contributed by atoms with van der Waals surface area (Å²) in [6.07, 6.45) is 0. The SMILES string of the molecule is CCOC(=O)c1c(NC(=O)Nc2cccc(Cl)c2)sc(C)c1-c1ccc(Cl)cc1. The molecule has 0 bridgehead atoms. The summed E-state index contributed by atoms with van der Waals surface area (Å²) in [6.45, 7) is 3.84. The Balaban J connectivity index is 1.95. The summed E-state index contributed by atoms with van der Waals surface area (Å²) < 4.78 is 5.24. The standard InChI is InChI=1S/C21H18Cl2N2O3S/c1-3-28-20(26)18-17(13-7-9-14(22)10-8-13)12(2)29-19(18)25-21(27)24-16-6-4-5-15(23)11-16/h4-11H,3H2,1-2H3,(H2,24,25,27). The number of hydrogen-bond acceptors (Lipinski definition) is 4. The minimum atomic E-state index is -0.500. The van der Waals surface area contributed by atoms with E-state index in [2.05, 4.69) is 10.6 Å². The summed E-state index contributed by atoms with van der Waals surface area (Å²) in [5.41, 5.74) is 2.38. The van der Waals surface area contributed by atoms with E-state index >= 15 is 0 Å². The lowest BCUT2D eigenvalue weighted by atomic mass is 10.0. The van der Waals surface area contributed by atoms with Crippen LogP contribution in [0.15, 0.2) is 48.5 Å². The number of benzene rings is 2. The fraction of sp³-hybridized carbons (Fsp3) is 0.143. The zero-order chi connectivity index (χ0) is 21.0. The van der Waals surface area contributed by atoms with E-state index < -0.39 is 12.0 Å². The van der Waals surface area contributed by atoms with E-state index in [1.54, 1.807) is 43.3 Å². The number of rotatable bonds is 5. The second-order valence-electron chi connectivity index (χ2n) is 6.05. The lowest BCUT2D eigenvalue weighted by Gasteiger charge is -2.10. The Morgan fingerprint density at radius 1 is 1.03 bits per heavy atom. The number of hydrogen-bond donors (Lipinski definition) is 2. The maximum absolute atomic E-state index is 12.7. The number of halogens is 2. The first-order chi connectivity index (χ1) is 13.9. The molecular weight excluding hydrogens is 431 g/mol. The molecule has 0 aliphatic heterocycles. The molecule has 0 aliphatic carbocycles. The van der Waals surface area contributed by atoms with Gasteiger partial charge >= 0.3 is 12.0 Å². The van der Waals surface area contributed by atoms with Gasteiger partial charge < -0.3 is 10.1 Å². The fourth-order valence-corrected chi connectivity index (χ4v) is 4.20. The van der Waals surface area contributed by atoms with Crippen molar-refractivity contribution in [3.8, 4) is 11.1 Å². The number of carbonyl (C=O) groups excluding carboxylic acids is 2. The van der Waals surface area contributed by atoms with Gasteiger partial charge in [0.25, 0.3) is 0 Å². The average Bonchev–Trinajstić information content (AvgIpc) is 2.98. The average molecular weight is 449 g/mol. The van der Waals surface area contributed by atoms with E-state index in [1.807, 2.05) is 19.1 Å². The number of thiophene rings is 1. The van der Waals surface area contributed by atoms with E-state index in [0.717, 1.165) is 10.4 Å². The molecule has 2 amide bonds. The minimum absolute atomic E-state index is 0.224. The molecule has 8 heteroatoms. The van der Waals surface area contributed by atoms with Crippen LogP contribution in [-0.2, 0) is 4.74 Å². The molecule has 2 N–H and O–H groups in total. The first-order valence-electron chi connectivity index (χ1n) is 8.79. The van der Waals surface area contributed by atoms with E-state index in [0.29, 0.717) is 31.9 Å². The molecule has 0 atom stereocenters. The van der Waals surface area contributed by atoms with Crippen molar-refractivity contribution in [1.82, 2.24) is 0 Å². The summed E-state index contributed by atoms with van der Waals surface area (Å²) in [7, 11) is 0. The molecule has 0 fully saturated rings. The third kappa shape index (κ3) is 5.09. The normalized spacial score (nSPS) is 10.5. The van der Waals surface area contributed by atoms with Crippen molar-refractivity contribution in [1.29, 1.82) is 0 Å². The third-order valence-electron chi connectivity index (χ3n) is 4.01. The van der Waals surface area contributed by atoms with Crippen LogP contribution >= 0.6 is 34.5 Å². The monoisotopic (exact) mass is 448 g/mol. The van der Waals surface area contributed by atoms with E-state index in [-0.39, 0.29) is 6.61 Å². The van der Waals surface area contributed by atoms with Crippen molar-refractivity contribution in [3.63, 3.8) is 0 Å². The lowest BCUT2D eigenvalue weighted by molar-refractivity contribution is 0.0529. The molecule has 29 heavy (non-hydrogen) atoms. The van der Waals surface area contributed by atoms with Gasteiger partial charge in [0.1, 0.15) is 10.6 Å². The number of anilines is 2. The highest BCUT2D eigenvalue weighted by molar-refractivity contribution is 7.17.